The Bertz CT molecular complexity index is 435. The Hall–Kier alpha value is -1.33. The summed E-state index contributed by atoms with van der Waals surface area (Å²) in [7, 11) is 0. The van der Waals surface area contributed by atoms with E-state index < -0.39 is 5.97 Å². The lowest BCUT2D eigenvalue weighted by Gasteiger charge is -2.45. The summed E-state index contributed by atoms with van der Waals surface area (Å²) in [6.45, 7) is 4.01. The van der Waals surface area contributed by atoms with Crippen LogP contribution in [0.1, 0.15) is 29.0 Å². The van der Waals surface area contributed by atoms with Gasteiger partial charge in [0.2, 0.25) is 0 Å². The second kappa shape index (κ2) is 4.74. The van der Waals surface area contributed by atoms with Gasteiger partial charge in [-0.1, -0.05) is 0 Å². The van der Waals surface area contributed by atoms with Crippen LogP contribution in [0.5, 0.6) is 0 Å². The fourth-order valence-corrected chi connectivity index (χ4v) is 3.09. The molecule has 2 bridgehead atoms. The number of hydrogen-bond acceptors (Lipinski definition) is 4. The Morgan fingerprint density at radius 3 is 2.89 bits per heavy atom. The Labute approximate surface area is 106 Å². The van der Waals surface area contributed by atoms with E-state index in [4.69, 9.17) is 9.52 Å². The third-order valence-corrected chi connectivity index (χ3v) is 4.16. The van der Waals surface area contributed by atoms with Crippen molar-refractivity contribution < 1.29 is 14.3 Å². The predicted molar refractivity (Wildman–Crippen MR) is 65.5 cm³/mol. The van der Waals surface area contributed by atoms with Gasteiger partial charge in [-0.05, 0) is 37.9 Å². The number of carboxylic acids is 1. The molecule has 0 amide bonds. The number of furan rings is 1. The molecule has 4 heterocycles. The van der Waals surface area contributed by atoms with Crippen molar-refractivity contribution in [2.75, 3.05) is 19.6 Å². The summed E-state index contributed by atoms with van der Waals surface area (Å²) in [5.74, 6) is 0.339. The number of nitrogens with one attached hydrogen (secondary N) is 1. The standard InChI is InChI=1S/C13H18N2O3/c16-13(17)10-3-6-18-12(10)7-14-11-8-15-4-1-9(11)2-5-15/h3,6,9,11,14H,1-2,4-5,7-8H2,(H,16,17). The van der Waals surface area contributed by atoms with Crippen LogP contribution in [0.2, 0.25) is 0 Å². The van der Waals surface area contributed by atoms with E-state index in [9.17, 15) is 4.79 Å². The van der Waals surface area contributed by atoms with Gasteiger partial charge in [-0.15, -0.1) is 0 Å². The number of carboxylic acid groups (broad SMARTS) is 1. The number of nitrogens with zero attached hydrogens (tertiary/aromatic N) is 1. The van der Waals surface area contributed by atoms with E-state index in [0.29, 0.717) is 18.3 Å². The number of fused-ring (bicyclic) bond motifs is 3. The molecule has 2 N–H and O–H groups in total. The highest BCUT2D eigenvalue weighted by Gasteiger charge is 2.33. The van der Waals surface area contributed by atoms with Crippen LogP contribution in [-0.2, 0) is 6.54 Å². The van der Waals surface area contributed by atoms with Crippen molar-refractivity contribution in [3.63, 3.8) is 0 Å². The quantitative estimate of drug-likeness (QED) is 0.839. The van der Waals surface area contributed by atoms with Crippen molar-refractivity contribution in [3.05, 3.63) is 23.7 Å². The first-order chi connectivity index (χ1) is 8.74. The van der Waals surface area contributed by atoms with Crippen molar-refractivity contribution in [3.8, 4) is 0 Å². The van der Waals surface area contributed by atoms with E-state index in [0.717, 1.165) is 12.5 Å². The van der Waals surface area contributed by atoms with Crippen LogP contribution in [0.4, 0.5) is 0 Å². The first-order valence-corrected chi connectivity index (χ1v) is 6.49. The SMILES string of the molecule is O=C(O)c1ccoc1CNC1CN2CCC1CC2. The maximum absolute atomic E-state index is 11.0. The summed E-state index contributed by atoms with van der Waals surface area (Å²) in [6, 6.07) is 1.98. The minimum Gasteiger partial charge on any atom is -0.478 e. The van der Waals surface area contributed by atoms with Crippen LogP contribution in [0.25, 0.3) is 0 Å². The second-order valence-corrected chi connectivity index (χ2v) is 5.19. The van der Waals surface area contributed by atoms with Gasteiger partial charge in [-0.3, -0.25) is 0 Å². The van der Waals surface area contributed by atoms with E-state index in [1.54, 1.807) is 0 Å². The molecule has 0 aliphatic carbocycles. The lowest BCUT2D eigenvalue weighted by atomic mass is 9.84. The molecule has 5 nitrogen and oxygen atoms in total. The highest BCUT2D eigenvalue weighted by molar-refractivity contribution is 5.88. The van der Waals surface area contributed by atoms with E-state index in [1.807, 2.05) is 0 Å². The average Bonchev–Trinajstić information content (AvgIpc) is 2.86. The molecule has 3 saturated heterocycles. The number of rotatable bonds is 4. The van der Waals surface area contributed by atoms with Gasteiger partial charge in [0.05, 0.1) is 12.8 Å². The third-order valence-electron chi connectivity index (χ3n) is 4.16. The molecule has 3 aliphatic heterocycles. The highest BCUT2D eigenvalue weighted by Crippen LogP contribution is 2.27. The summed E-state index contributed by atoms with van der Waals surface area (Å²) < 4.78 is 5.24. The Balaban J connectivity index is 1.61. The molecule has 4 rings (SSSR count). The molecular formula is C13H18N2O3. The molecule has 18 heavy (non-hydrogen) atoms. The van der Waals surface area contributed by atoms with Crippen LogP contribution < -0.4 is 5.32 Å². The lowest BCUT2D eigenvalue weighted by molar-refractivity contribution is 0.0680. The topological polar surface area (TPSA) is 65.7 Å². The van der Waals surface area contributed by atoms with Crippen molar-refractivity contribution in [1.82, 2.24) is 10.2 Å². The van der Waals surface area contributed by atoms with Crippen LogP contribution in [0.15, 0.2) is 16.7 Å². The fraction of sp³-hybridized carbons (Fsp3) is 0.615. The largest absolute Gasteiger partial charge is 0.478 e. The van der Waals surface area contributed by atoms with Crippen LogP contribution in [0, 0.1) is 5.92 Å². The molecule has 0 saturated carbocycles. The number of piperidine rings is 3. The van der Waals surface area contributed by atoms with E-state index >= 15 is 0 Å². The van der Waals surface area contributed by atoms with Gasteiger partial charge in [0.25, 0.3) is 0 Å². The average molecular weight is 250 g/mol. The monoisotopic (exact) mass is 250 g/mol. The molecule has 5 heteroatoms. The van der Waals surface area contributed by atoms with Crippen LogP contribution in [0.3, 0.4) is 0 Å². The third kappa shape index (κ3) is 2.15. The molecule has 1 unspecified atom stereocenters. The molecule has 0 radical (unpaired) electrons. The number of aromatic carboxylic acids is 1. The zero-order valence-corrected chi connectivity index (χ0v) is 10.3. The first-order valence-electron chi connectivity index (χ1n) is 6.49. The fourth-order valence-electron chi connectivity index (χ4n) is 3.09. The summed E-state index contributed by atoms with van der Waals surface area (Å²) >= 11 is 0. The zero-order valence-electron chi connectivity index (χ0n) is 10.3. The van der Waals surface area contributed by atoms with Gasteiger partial charge in [-0.2, -0.15) is 0 Å². The molecule has 1 aromatic heterocycles. The van der Waals surface area contributed by atoms with Gasteiger partial charge >= 0.3 is 5.97 Å². The minimum absolute atomic E-state index is 0.267. The Morgan fingerprint density at radius 1 is 1.50 bits per heavy atom. The Morgan fingerprint density at radius 2 is 2.28 bits per heavy atom. The summed E-state index contributed by atoms with van der Waals surface area (Å²) in [5, 5.41) is 12.5. The molecule has 0 spiro atoms. The van der Waals surface area contributed by atoms with Gasteiger partial charge in [0, 0.05) is 12.6 Å². The first kappa shape index (κ1) is 11.7. The van der Waals surface area contributed by atoms with E-state index in [2.05, 4.69) is 10.2 Å². The van der Waals surface area contributed by atoms with Crippen LogP contribution in [-0.4, -0.2) is 41.7 Å². The lowest BCUT2D eigenvalue weighted by Crippen LogP contribution is -2.55. The van der Waals surface area contributed by atoms with Gasteiger partial charge in [-0.25, -0.2) is 4.79 Å². The molecule has 3 fully saturated rings. The summed E-state index contributed by atoms with van der Waals surface area (Å²) in [4.78, 5) is 13.4. The second-order valence-electron chi connectivity index (χ2n) is 5.19. The smallest absolute Gasteiger partial charge is 0.339 e. The van der Waals surface area contributed by atoms with Crippen molar-refractivity contribution >= 4 is 5.97 Å². The maximum Gasteiger partial charge on any atom is 0.339 e. The van der Waals surface area contributed by atoms with Gasteiger partial charge < -0.3 is 19.7 Å². The van der Waals surface area contributed by atoms with Crippen molar-refractivity contribution in [2.24, 2.45) is 5.92 Å². The molecule has 1 aromatic rings. The number of carbonyl (C=O) groups is 1. The maximum atomic E-state index is 11.0. The molecule has 98 valence electrons. The molecule has 3 aliphatic rings. The van der Waals surface area contributed by atoms with Gasteiger partial charge in [0.1, 0.15) is 11.3 Å². The minimum atomic E-state index is -0.922. The number of hydrogen-bond donors (Lipinski definition) is 2. The Kier molecular flexibility index (Phi) is 3.09. The molecule has 1 atom stereocenters. The molecular weight excluding hydrogens is 232 g/mol. The van der Waals surface area contributed by atoms with E-state index in [-0.39, 0.29) is 5.56 Å². The molecule has 0 aromatic carbocycles. The van der Waals surface area contributed by atoms with E-state index in [1.165, 1.54) is 38.3 Å². The highest BCUT2D eigenvalue weighted by atomic mass is 16.4. The van der Waals surface area contributed by atoms with Crippen molar-refractivity contribution in [2.45, 2.75) is 25.4 Å². The predicted octanol–water partition coefficient (Wildman–Crippen LogP) is 1.16. The zero-order chi connectivity index (χ0) is 12.5. The van der Waals surface area contributed by atoms with Crippen molar-refractivity contribution in [1.29, 1.82) is 0 Å². The van der Waals surface area contributed by atoms with Gasteiger partial charge in [0.15, 0.2) is 0 Å². The normalized spacial score (nSPS) is 30.6. The summed E-state index contributed by atoms with van der Waals surface area (Å²) in [5.41, 5.74) is 0.267. The van der Waals surface area contributed by atoms with Crippen LogP contribution >= 0.6 is 0 Å². The summed E-state index contributed by atoms with van der Waals surface area (Å²) in [6.07, 6.45) is 3.94.